The summed E-state index contributed by atoms with van der Waals surface area (Å²) < 4.78 is 11.7. The highest BCUT2D eigenvalue weighted by molar-refractivity contribution is 7.14. The van der Waals surface area contributed by atoms with Crippen molar-refractivity contribution in [3.8, 4) is 0 Å². The normalized spacial score (nSPS) is 26.6. The summed E-state index contributed by atoms with van der Waals surface area (Å²) in [6.45, 7) is 5.77. The molecule has 0 saturated carbocycles. The van der Waals surface area contributed by atoms with Crippen LogP contribution in [-0.4, -0.2) is 55.4 Å². The molecule has 2 fully saturated rings. The van der Waals surface area contributed by atoms with Gasteiger partial charge in [0.25, 0.3) is 0 Å². The molecule has 1 aromatic rings. The van der Waals surface area contributed by atoms with E-state index in [1.807, 2.05) is 6.07 Å². The lowest BCUT2D eigenvalue weighted by atomic mass is 9.82. The second kappa shape index (κ2) is 6.75. The first-order chi connectivity index (χ1) is 11.7. The first-order valence-corrected chi connectivity index (χ1v) is 9.78. The molecular formula is C18H25NO4S. The largest absolute Gasteiger partial charge is 0.477 e. The third kappa shape index (κ3) is 3.12. The molecule has 5 nitrogen and oxygen atoms in total. The topological polar surface area (TPSA) is 59.0 Å². The number of aromatic carboxylic acids is 1. The van der Waals surface area contributed by atoms with E-state index in [4.69, 9.17) is 9.47 Å². The summed E-state index contributed by atoms with van der Waals surface area (Å²) in [6.07, 6.45) is 5.21. The average molecular weight is 351 g/mol. The van der Waals surface area contributed by atoms with Crippen LogP contribution in [0.25, 0.3) is 0 Å². The number of carbonyl (C=O) groups is 1. The minimum atomic E-state index is -0.819. The molecule has 4 rings (SSSR count). The lowest BCUT2D eigenvalue weighted by Crippen LogP contribution is -2.46. The van der Waals surface area contributed by atoms with Gasteiger partial charge >= 0.3 is 5.97 Å². The SMILES string of the molecule is O=C(O)c1cc2c(s1)CCOC21CCN(CCC2CCOC2)CC1. The molecule has 4 heterocycles. The van der Waals surface area contributed by atoms with Gasteiger partial charge in [0.05, 0.1) is 12.2 Å². The van der Waals surface area contributed by atoms with Crippen LogP contribution in [-0.2, 0) is 21.5 Å². The predicted octanol–water partition coefficient (Wildman–Crippen LogP) is 2.74. The van der Waals surface area contributed by atoms with Gasteiger partial charge in [-0.05, 0) is 49.8 Å². The number of ether oxygens (including phenoxy) is 2. The van der Waals surface area contributed by atoms with Gasteiger partial charge in [-0.1, -0.05) is 0 Å². The third-order valence-electron chi connectivity index (χ3n) is 5.76. The van der Waals surface area contributed by atoms with Crippen LogP contribution in [0.2, 0.25) is 0 Å². The summed E-state index contributed by atoms with van der Waals surface area (Å²) in [5.41, 5.74) is 0.907. The van der Waals surface area contributed by atoms with Crippen molar-refractivity contribution in [2.24, 2.45) is 5.92 Å². The van der Waals surface area contributed by atoms with Crippen LogP contribution in [0.5, 0.6) is 0 Å². The Bertz CT molecular complexity index is 600. The zero-order valence-electron chi connectivity index (χ0n) is 14.0. The van der Waals surface area contributed by atoms with Crippen molar-refractivity contribution in [1.29, 1.82) is 0 Å². The molecule has 6 heteroatoms. The molecule has 132 valence electrons. The van der Waals surface area contributed by atoms with E-state index in [9.17, 15) is 9.90 Å². The van der Waals surface area contributed by atoms with Crippen LogP contribution in [0.4, 0.5) is 0 Å². The highest BCUT2D eigenvalue weighted by atomic mass is 32.1. The molecule has 0 bridgehead atoms. The highest BCUT2D eigenvalue weighted by Gasteiger charge is 2.42. The van der Waals surface area contributed by atoms with E-state index < -0.39 is 5.97 Å². The number of rotatable bonds is 4. The van der Waals surface area contributed by atoms with Crippen molar-refractivity contribution in [2.75, 3.05) is 39.5 Å². The number of fused-ring (bicyclic) bond motifs is 2. The second-order valence-corrected chi connectivity index (χ2v) is 8.34. The number of carboxylic acids is 1. The first-order valence-electron chi connectivity index (χ1n) is 8.97. The maximum absolute atomic E-state index is 11.3. The van der Waals surface area contributed by atoms with E-state index in [-0.39, 0.29) is 5.60 Å². The average Bonchev–Trinajstić information content (AvgIpc) is 3.24. The van der Waals surface area contributed by atoms with Crippen molar-refractivity contribution in [3.63, 3.8) is 0 Å². The van der Waals surface area contributed by atoms with Crippen molar-refractivity contribution in [1.82, 2.24) is 4.90 Å². The maximum Gasteiger partial charge on any atom is 0.345 e. The molecule has 24 heavy (non-hydrogen) atoms. The number of nitrogens with zero attached hydrogens (tertiary/aromatic N) is 1. The van der Waals surface area contributed by atoms with Crippen LogP contribution in [0.1, 0.15) is 45.8 Å². The molecule has 1 N–H and O–H groups in total. The molecular weight excluding hydrogens is 326 g/mol. The van der Waals surface area contributed by atoms with E-state index in [1.54, 1.807) is 0 Å². The standard InChI is InChI=1S/C18H25NO4S/c20-17(21)16-11-14-15(24-16)3-10-23-18(14)4-7-19(8-5-18)6-1-13-2-9-22-12-13/h11,13H,1-10,12H2,(H,20,21). The zero-order chi connectivity index (χ0) is 16.6. The molecule has 3 aliphatic rings. The summed E-state index contributed by atoms with van der Waals surface area (Å²) in [7, 11) is 0. The first kappa shape index (κ1) is 16.5. The highest BCUT2D eigenvalue weighted by Crippen LogP contribution is 2.44. The third-order valence-corrected chi connectivity index (χ3v) is 6.94. The fourth-order valence-electron chi connectivity index (χ4n) is 4.25. The number of piperidine rings is 1. The monoisotopic (exact) mass is 351 g/mol. The van der Waals surface area contributed by atoms with E-state index in [1.165, 1.54) is 29.1 Å². The second-order valence-electron chi connectivity index (χ2n) is 7.21. The minimum Gasteiger partial charge on any atom is -0.477 e. The Morgan fingerprint density at radius 3 is 2.92 bits per heavy atom. The van der Waals surface area contributed by atoms with Gasteiger partial charge in [0, 0.05) is 37.6 Å². The van der Waals surface area contributed by atoms with Gasteiger partial charge in [-0.2, -0.15) is 0 Å². The summed E-state index contributed by atoms with van der Waals surface area (Å²) in [5, 5.41) is 9.29. The van der Waals surface area contributed by atoms with Gasteiger partial charge < -0.3 is 19.5 Å². The van der Waals surface area contributed by atoms with Crippen LogP contribution in [0, 0.1) is 5.92 Å². The summed E-state index contributed by atoms with van der Waals surface area (Å²) in [4.78, 5) is 15.5. The molecule has 0 radical (unpaired) electrons. The van der Waals surface area contributed by atoms with Gasteiger partial charge in [0.15, 0.2) is 0 Å². The van der Waals surface area contributed by atoms with Crippen LogP contribution >= 0.6 is 11.3 Å². The van der Waals surface area contributed by atoms with Crippen LogP contribution in [0.3, 0.4) is 0 Å². The fourth-order valence-corrected chi connectivity index (χ4v) is 5.32. The Hall–Kier alpha value is -0.950. The molecule has 1 aromatic heterocycles. The predicted molar refractivity (Wildman–Crippen MR) is 91.8 cm³/mol. The number of carboxylic acid groups (broad SMARTS) is 1. The Kier molecular flexibility index (Phi) is 4.64. The molecule has 2 saturated heterocycles. The zero-order valence-corrected chi connectivity index (χ0v) is 14.8. The Balaban J connectivity index is 1.40. The quantitative estimate of drug-likeness (QED) is 0.904. The summed E-state index contributed by atoms with van der Waals surface area (Å²) in [5.74, 6) is -0.0887. The molecule has 1 atom stereocenters. The van der Waals surface area contributed by atoms with E-state index in [0.29, 0.717) is 11.5 Å². The van der Waals surface area contributed by atoms with Crippen molar-refractivity contribution in [3.05, 3.63) is 21.4 Å². The number of hydrogen-bond donors (Lipinski definition) is 1. The molecule has 0 amide bonds. The molecule has 3 aliphatic heterocycles. The summed E-state index contributed by atoms with van der Waals surface area (Å²) >= 11 is 1.43. The molecule has 0 aliphatic carbocycles. The van der Waals surface area contributed by atoms with E-state index >= 15 is 0 Å². The Morgan fingerprint density at radius 1 is 1.38 bits per heavy atom. The van der Waals surface area contributed by atoms with Crippen molar-refractivity contribution >= 4 is 17.3 Å². The minimum absolute atomic E-state index is 0.245. The smallest absolute Gasteiger partial charge is 0.345 e. The number of hydrogen-bond acceptors (Lipinski definition) is 5. The van der Waals surface area contributed by atoms with E-state index in [0.717, 1.165) is 63.6 Å². The molecule has 0 aromatic carbocycles. The van der Waals surface area contributed by atoms with Crippen LogP contribution in [0.15, 0.2) is 6.07 Å². The fraction of sp³-hybridized carbons (Fsp3) is 0.722. The number of thiophene rings is 1. The van der Waals surface area contributed by atoms with Gasteiger partial charge in [0.2, 0.25) is 0 Å². The Morgan fingerprint density at radius 2 is 2.21 bits per heavy atom. The van der Waals surface area contributed by atoms with Crippen LogP contribution < -0.4 is 0 Å². The van der Waals surface area contributed by atoms with Gasteiger partial charge in [0.1, 0.15) is 4.88 Å². The van der Waals surface area contributed by atoms with Crippen molar-refractivity contribution < 1.29 is 19.4 Å². The summed E-state index contributed by atoms with van der Waals surface area (Å²) in [6, 6.07) is 1.87. The van der Waals surface area contributed by atoms with Gasteiger partial charge in [-0.15, -0.1) is 11.3 Å². The molecule has 1 spiro atoms. The maximum atomic E-state index is 11.3. The Labute approximate surface area is 146 Å². The van der Waals surface area contributed by atoms with Gasteiger partial charge in [-0.25, -0.2) is 4.79 Å². The molecule has 1 unspecified atom stereocenters. The van der Waals surface area contributed by atoms with E-state index in [2.05, 4.69) is 4.90 Å². The number of likely N-dealkylation sites (tertiary alicyclic amines) is 1. The van der Waals surface area contributed by atoms with Crippen molar-refractivity contribution in [2.45, 2.75) is 37.7 Å². The lowest BCUT2D eigenvalue weighted by Gasteiger charge is -2.44. The van der Waals surface area contributed by atoms with Gasteiger partial charge in [-0.3, -0.25) is 0 Å². The lowest BCUT2D eigenvalue weighted by molar-refractivity contribution is -0.0974.